The van der Waals surface area contributed by atoms with E-state index in [-0.39, 0.29) is 11.8 Å². The molecule has 1 fully saturated rings. The van der Waals surface area contributed by atoms with Crippen molar-refractivity contribution in [3.63, 3.8) is 0 Å². The number of aromatic nitrogens is 2. The van der Waals surface area contributed by atoms with Gasteiger partial charge in [-0.1, -0.05) is 48.5 Å². The van der Waals surface area contributed by atoms with Gasteiger partial charge in [-0.15, -0.1) is 0 Å². The summed E-state index contributed by atoms with van der Waals surface area (Å²) in [5.41, 5.74) is 4.95. The quantitative estimate of drug-likeness (QED) is 0.576. The zero-order valence-corrected chi connectivity index (χ0v) is 14.7. The van der Waals surface area contributed by atoms with E-state index in [2.05, 4.69) is 22.4 Å². The topological polar surface area (TPSA) is 46.4 Å². The summed E-state index contributed by atoms with van der Waals surface area (Å²) in [7, 11) is 0. The highest BCUT2D eigenvalue weighted by atomic mass is 16.2. The Kier molecular flexibility index (Phi) is 3.75. The Labute approximate surface area is 157 Å². The number of benzene rings is 2. The van der Waals surface area contributed by atoms with Crippen LogP contribution in [-0.2, 0) is 4.79 Å². The molecule has 1 amide bonds. The molecule has 1 N–H and O–H groups in total. The van der Waals surface area contributed by atoms with E-state index in [4.69, 9.17) is 0 Å². The van der Waals surface area contributed by atoms with E-state index in [0.717, 1.165) is 29.0 Å². The van der Waals surface area contributed by atoms with Crippen LogP contribution in [0.4, 0.5) is 5.69 Å². The van der Waals surface area contributed by atoms with Crippen molar-refractivity contribution >= 4 is 17.2 Å². The first-order valence-corrected chi connectivity index (χ1v) is 9.18. The summed E-state index contributed by atoms with van der Waals surface area (Å²) in [4.78, 5) is 17.1. The second kappa shape index (κ2) is 6.40. The van der Waals surface area contributed by atoms with Gasteiger partial charge in [-0.3, -0.25) is 4.79 Å². The van der Waals surface area contributed by atoms with Gasteiger partial charge in [0.1, 0.15) is 5.65 Å². The van der Waals surface area contributed by atoms with Gasteiger partial charge in [-0.05, 0) is 42.2 Å². The van der Waals surface area contributed by atoms with Gasteiger partial charge in [0.25, 0.3) is 0 Å². The zero-order chi connectivity index (χ0) is 18.2. The van der Waals surface area contributed by atoms with Gasteiger partial charge in [0, 0.05) is 29.6 Å². The number of hydrogen-bond acceptors (Lipinski definition) is 2. The molecule has 2 aromatic carbocycles. The normalized spacial score (nSPS) is 18.4. The molecule has 4 aromatic rings. The first kappa shape index (κ1) is 15.8. The van der Waals surface area contributed by atoms with Gasteiger partial charge in [-0.25, -0.2) is 4.98 Å². The highest BCUT2D eigenvalue weighted by molar-refractivity contribution is 5.95. The number of nitrogens with zero attached hydrogens (tertiary/aromatic N) is 2. The summed E-state index contributed by atoms with van der Waals surface area (Å²) in [5, 5.41) is 3.04. The third kappa shape index (κ3) is 3.10. The molecule has 0 saturated heterocycles. The number of nitrogens with one attached hydrogen (secondary N) is 1. The summed E-state index contributed by atoms with van der Waals surface area (Å²) >= 11 is 0. The van der Waals surface area contributed by atoms with Crippen LogP contribution in [0.2, 0.25) is 0 Å². The molecule has 4 heteroatoms. The molecule has 0 bridgehead atoms. The maximum absolute atomic E-state index is 12.5. The van der Waals surface area contributed by atoms with Crippen LogP contribution >= 0.6 is 0 Å². The molecular formula is C23H19N3O. The molecule has 2 aromatic heterocycles. The fraction of sp³-hybridized carbons (Fsp3) is 0.130. The molecule has 0 radical (unpaired) electrons. The average molecular weight is 353 g/mol. The van der Waals surface area contributed by atoms with Crippen LogP contribution in [0, 0.1) is 5.92 Å². The predicted octanol–water partition coefficient (Wildman–Crippen LogP) is 4.74. The molecule has 1 aliphatic rings. The number of amides is 1. The highest BCUT2D eigenvalue weighted by Gasteiger charge is 2.43. The third-order valence-electron chi connectivity index (χ3n) is 5.17. The highest BCUT2D eigenvalue weighted by Crippen LogP contribution is 2.47. The van der Waals surface area contributed by atoms with E-state index in [0.29, 0.717) is 5.92 Å². The minimum absolute atomic E-state index is 0.0746. The summed E-state index contributed by atoms with van der Waals surface area (Å²) < 4.78 is 2.00. The molecule has 5 rings (SSSR count). The van der Waals surface area contributed by atoms with Crippen molar-refractivity contribution in [2.24, 2.45) is 5.92 Å². The van der Waals surface area contributed by atoms with E-state index in [9.17, 15) is 4.79 Å². The fourth-order valence-electron chi connectivity index (χ4n) is 3.59. The molecular weight excluding hydrogens is 334 g/mol. The number of hydrogen-bond donors (Lipinski definition) is 1. The molecule has 27 heavy (non-hydrogen) atoms. The fourth-order valence-corrected chi connectivity index (χ4v) is 3.59. The van der Waals surface area contributed by atoms with Crippen LogP contribution in [-0.4, -0.2) is 15.3 Å². The van der Waals surface area contributed by atoms with Crippen LogP contribution in [0.15, 0.2) is 85.2 Å². The smallest absolute Gasteiger partial charge is 0.228 e. The van der Waals surface area contributed by atoms with E-state index in [1.54, 1.807) is 0 Å². The van der Waals surface area contributed by atoms with E-state index in [1.807, 2.05) is 77.5 Å². The van der Waals surface area contributed by atoms with Crippen molar-refractivity contribution in [3.05, 3.63) is 90.8 Å². The lowest BCUT2D eigenvalue weighted by Gasteiger charge is -2.06. The van der Waals surface area contributed by atoms with Gasteiger partial charge in [-0.2, -0.15) is 0 Å². The number of carbonyl (C=O) groups excluding carboxylic acids is 1. The maximum Gasteiger partial charge on any atom is 0.228 e. The van der Waals surface area contributed by atoms with Crippen molar-refractivity contribution in [1.29, 1.82) is 0 Å². The Morgan fingerprint density at radius 1 is 0.963 bits per heavy atom. The average Bonchev–Trinajstić information content (AvgIpc) is 3.41. The third-order valence-corrected chi connectivity index (χ3v) is 5.17. The summed E-state index contributed by atoms with van der Waals surface area (Å²) in [5.74, 6) is 0.526. The first-order valence-electron chi connectivity index (χ1n) is 9.18. The molecule has 1 saturated carbocycles. The van der Waals surface area contributed by atoms with Crippen molar-refractivity contribution in [1.82, 2.24) is 9.38 Å². The molecule has 2 atom stereocenters. The van der Waals surface area contributed by atoms with Gasteiger partial charge < -0.3 is 9.72 Å². The monoisotopic (exact) mass is 353 g/mol. The molecule has 0 aliphatic heterocycles. The Balaban J connectivity index is 1.27. The number of rotatable bonds is 4. The summed E-state index contributed by atoms with van der Waals surface area (Å²) in [6.07, 6.45) is 4.92. The molecule has 1 aliphatic carbocycles. The molecule has 132 valence electrons. The van der Waals surface area contributed by atoms with Gasteiger partial charge in [0.2, 0.25) is 5.91 Å². The van der Waals surface area contributed by atoms with Crippen LogP contribution in [0.1, 0.15) is 17.9 Å². The van der Waals surface area contributed by atoms with Gasteiger partial charge in [0.15, 0.2) is 0 Å². The van der Waals surface area contributed by atoms with E-state index >= 15 is 0 Å². The summed E-state index contributed by atoms with van der Waals surface area (Å²) in [6.45, 7) is 0. The van der Waals surface area contributed by atoms with Gasteiger partial charge >= 0.3 is 0 Å². The Morgan fingerprint density at radius 3 is 2.52 bits per heavy atom. The number of anilines is 1. The van der Waals surface area contributed by atoms with E-state index < -0.39 is 0 Å². The van der Waals surface area contributed by atoms with Crippen molar-refractivity contribution < 1.29 is 4.79 Å². The Hall–Kier alpha value is -3.40. The Morgan fingerprint density at radius 2 is 1.74 bits per heavy atom. The molecule has 2 heterocycles. The van der Waals surface area contributed by atoms with Crippen LogP contribution in [0.3, 0.4) is 0 Å². The maximum atomic E-state index is 12.5. The predicted molar refractivity (Wildman–Crippen MR) is 107 cm³/mol. The molecule has 4 nitrogen and oxygen atoms in total. The summed E-state index contributed by atoms with van der Waals surface area (Å²) in [6, 6.07) is 24.1. The van der Waals surface area contributed by atoms with Crippen molar-refractivity contribution in [3.8, 4) is 11.3 Å². The number of imidazole rings is 1. The van der Waals surface area contributed by atoms with Crippen molar-refractivity contribution in [2.45, 2.75) is 12.3 Å². The second-order valence-electron chi connectivity index (χ2n) is 7.02. The molecule has 2 unspecified atom stereocenters. The van der Waals surface area contributed by atoms with E-state index in [1.165, 1.54) is 5.56 Å². The van der Waals surface area contributed by atoms with Crippen LogP contribution < -0.4 is 5.32 Å². The van der Waals surface area contributed by atoms with Crippen molar-refractivity contribution in [2.75, 3.05) is 5.32 Å². The second-order valence-corrected chi connectivity index (χ2v) is 7.02. The lowest BCUT2D eigenvalue weighted by Crippen LogP contribution is -2.14. The largest absolute Gasteiger partial charge is 0.326 e. The number of fused-ring (bicyclic) bond motifs is 1. The SMILES string of the molecule is O=C(Nc1ccc(-c2cn3ccccc3n2)cc1)C1CC1c1ccccc1. The van der Waals surface area contributed by atoms with Crippen LogP contribution in [0.25, 0.3) is 16.9 Å². The first-order chi connectivity index (χ1) is 13.3. The number of carbonyl (C=O) groups is 1. The lowest BCUT2D eigenvalue weighted by atomic mass is 10.1. The minimum atomic E-state index is 0.0746. The lowest BCUT2D eigenvalue weighted by molar-refractivity contribution is -0.117. The Bertz CT molecular complexity index is 1070. The number of pyridine rings is 1. The minimum Gasteiger partial charge on any atom is -0.326 e. The standard InChI is InChI=1S/C23H19N3O/c27-23(20-14-19(20)16-6-2-1-3-7-16)24-18-11-9-17(10-12-18)21-15-26-13-5-4-8-22(26)25-21/h1-13,15,19-20H,14H2,(H,24,27). The van der Waals surface area contributed by atoms with Crippen LogP contribution in [0.5, 0.6) is 0 Å². The van der Waals surface area contributed by atoms with Gasteiger partial charge in [0.05, 0.1) is 5.69 Å². The zero-order valence-electron chi connectivity index (χ0n) is 14.7. The molecule has 0 spiro atoms.